The second kappa shape index (κ2) is 11.8. The highest BCUT2D eigenvalue weighted by Crippen LogP contribution is 2.34. The third-order valence-electron chi connectivity index (χ3n) is 6.74. The van der Waals surface area contributed by atoms with Gasteiger partial charge < -0.3 is 20.5 Å². The van der Waals surface area contributed by atoms with Crippen LogP contribution in [0.4, 0.5) is 4.39 Å². The van der Waals surface area contributed by atoms with Crippen LogP contribution in [0.2, 0.25) is 0 Å². The monoisotopic (exact) mass is 498 g/mol. The van der Waals surface area contributed by atoms with E-state index in [9.17, 15) is 14.3 Å². The first-order valence-corrected chi connectivity index (χ1v) is 12.8. The van der Waals surface area contributed by atoms with Gasteiger partial charge >= 0.3 is 5.97 Å². The fraction of sp³-hybridized carbons (Fsp3) is 0.423. The molecule has 186 valence electrons. The van der Waals surface area contributed by atoms with Crippen LogP contribution in [0.3, 0.4) is 0 Å². The minimum atomic E-state index is -0.782. The molecule has 4 rings (SSSR count). The molecule has 1 aromatic carbocycles. The summed E-state index contributed by atoms with van der Waals surface area (Å²) in [6.07, 6.45) is 4.88. The van der Waals surface area contributed by atoms with Gasteiger partial charge in [0.05, 0.1) is 29.8 Å². The van der Waals surface area contributed by atoms with Gasteiger partial charge in [-0.05, 0) is 62.1 Å². The smallest absolute Gasteiger partial charge is 0.308 e. The molecule has 2 unspecified atom stereocenters. The Kier molecular flexibility index (Phi) is 8.54. The number of nitrogens with two attached hydrogens (primary N) is 1. The number of carbonyl (C=O) groups is 1. The molecule has 1 saturated heterocycles. The van der Waals surface area contributed by atoms with Crippen molar-refractivity contribution in [1.82, 2.24) is 14.9 Å². The van der Waals surface area contributed by atoms with Gasteiger partial charge in [0.1, 0.15) is 11.6 Å². The number of hydrogen-bond donors (Lipinski definition) is 2. The van der Waals surface area contributed by atoms with Crippen LogP contribution in [0, 0.1) is 17.7 Å². The zero-order chi connectivity index (χ0) is 24.8. The van der Waals surface area contributed by atoms with Crippen LogP contribution < -0.4 is 10.5 Å². The highest BCUT2D eigenvalue weighted by Gasteiger charge is 2.34. The number of carboxylic acids is 1. The summed E-state index contributed by atoms with van der Waals surface area (Å²) in [5.74, 6) is -0.225. The first-order valence-electron chi connectivity index (χ1n) is 11.8. The zero-order valence-electron chi connectivity index (χ0n) is 19.8. The molecule has 9 heteroatoms. The molecule has 3 atom stereocenters. The summed E-state index contributed by atoms with van der Waals surface area (Å²) in [6, 6.07) is 10.6. The number of methoxy groups -OCH3 is 1. The van der Waals surface area contributed by atoms with Crippen LogP contribution in [0.1, 0.15) is 30.9 Å². The number of thioether (sulfide) groups is 1. The Morgan fingerprint density at radius 3 is 2.94 bits per heavy atom. The third kappa shape index (κ3) is 6.28. The summed E-state index contributed by atoms with van der Waals surface area (Å²) in [4.78, 5) is 22.8. The summed E-state index contributed by atoms with van der Waals surface area (Å²) in [5.41, 5.74) is 7.52. The van der Waals surface area contributed by atoms with Crippen molar-refractivity contribution in [3.05, 3.63) is 60.2 Å². The van der Waals surface area contributed by atoms with E-state index in [0.29, 0.717) is 41.6 Å². The van der Waals surface area contributed by atoms with Crippen LogP contribution in [-0.2, 0) is 4.79 Å². The van der Waals surface area contributed by atoms with Gasteiger partial charge in [-0.1, -0.05) is 6.07 Å². The molecule has 1 fully saturated rings. The van der Waals surface area contributed by atoms with Gasteiger partial charge in [-0.3, -0.25) is 9.78 Å². The van der Waals surface area contributed by atoms with Crippen molar-refractivity contribution >= 4 is 28.6 Å². The Morgan fingerprint density at radius 2 is 2.20 bits per heavy atom. The predicted molar refractivity (Wildman–Crippen MR) is 135 cm³/mol. The number of rotatable bonds is 10. The minimum absolute atomic E-state index is 0.00365. The van der Waals surface area contributed by atoms with E-state index < -0.39 is 23.7 Å². The number of piperidine rings is 1. The summed E-state index contributed by atoms with van der Waals surface area (Å²) in [5, 5.41) is 11.5. The number of nitrogens with zero attached hydrogens (tertiary/aromatic N) is 3. The van der Waals surface area contributed by atoms with Gasteiger partial charge in [-0.25, -0.2) is 9.37 Å². The molecular formula is C26H31FN4O3S. The van der Waals surface area contributed by atoms with Gasteiger partial charge in [0.15, 0.2) is 0 Å². The van der Waals surface area contributed by atoms with Crippen LogP contribution >= 0.6 is 11.8 Å². The van der Waals surface area contributed by atoms with E-state index >= 15 is 0 Å². The number of ether oxygens (including phenoxy) is 1. The Labute approximate surface area is 208 Å². The predicted octanol–water partition coefficient (Wildman–Crippen LogP) is 4.37. The minimum Gasteiger partial charge on any atom is -0.497 e. The Hall–Kier alpha value is -2.75. The SMILES string of the molecule is COc1ccc2ncc(F)c([C@H](N)CCC3CCN(CCSc4ccccn4)CC3C(=O)O)c2c1. The molecule has 3 aromatic rings. The number of pyridine rings is 2. The average Bonchev–Trinajstić information content (AvgIpc) is 2.87. The molecule has 7 nitrogen and oxygen atoms in total. The van der Waals surface area contributed by atoms with E-state index in [1.165, 1.54) is 6.20 Å². The molecule has 3 heterocycles. The van der Waals surface area contributed by atoms with Crippen molar-refractivity contribution in [2.24, 2.45) is 17.6 Å². The van der Waals surface area contributed by atoms with Crippen LogP contribution in [0.5, 0.6) is 5.75 Å². The lowest BCUT2D eigenvalue weighted by Gasteiger charge is -2.37. The molecule has 1 aliphatic heterocycles. The van der Waals surface area contributed by atoms with Crippen molar-refractivity contribution in [2.75, 3.05) is 32.5 Å². The molecular weight excluding hydrogens is 467 g/mol. The second-order valence-corrected chi connectivity index (χ2v) is 10.0. The van der Waals surface area contributed by atoms with Gasteiger partial charge in [-0.2, -0.15) is 0 Å². The Balaban J connectivity index is 1.37. The Morgan fingerprint density at radius 1 is 1.34 bits per heavy atom. The zero-order valence-corrected chi connectivity index (χ0v) is 20.6. The first kappa shape index (κ1) is 25.3. The number of carboxylic acid groups (broad SMARTS) is 1. The summed E-state index contributed by atoms with van der Waals surface area (Å²) >= 11 is 1.67. The van der Waals surface area contributed by atoms with Crippen molar-refractivity contribution in [2.45, 2.75) is 30.3 Å². The Bertz CT molecular complexity index is 1150. The average molecular weight is 499 g/mol. The lowest BCUT2D eigenvalue weighted by atomic mass is 9.81. The van der Waals surface area contributed by atoms with E-state index in [0.717, 1.165) is 30.3 Å². The maximum Gasteiger partial charge on any atom is 0.308 e. The fourth-order valence-electron chi connectivity index (χ4n) is 4.82. The molecule has 0 bridgehead atoms. The highest BCUT2D eigenvalue weighted by atomic mass is 32.2. The van der Waals surface area contributed by atoms with Gasteiger partial charge in [0, 0.05) is 42.0 Å². The van der Waals surface area contributed by atoms with Gasteiger partial charge in [-0.15, -0.1) is 11.8 Å². The van der Waals surface area contributed by atoms with Gasteiger partial charge in [0.25, 0.3) is 0 Å². The maximum atomic E-state index is 14.8. The number of fused-ring (bicyclic) bond motifs is 1. The summed E-state index contributed by atoms with van der Waals surface area (Å²) in [6.45, 7) is 2.17. The number of benzene rings is 1. The second-order valence-electron chi connectivity index (χ2n) is 8.90. The molecule has 0 spiro atoms. The van der Waals surface area contributed by atoms with Crippen LogP contribution in [0.15, 0.2) is 53.8 Å². The van der Waals surface area contributed by atoms with E-state index in [4.69, 9.17) is 10.5 Å². The molecule has 0 saturated carbocycles. The fourth-order valence-corrected chi connectivity index (χ4v) is 5.69. The van der Waals surface area contributed by atoms with E-state index in [2.05, 4.69) is 14.9 Å². The lowest BCUT2D eigenvalue weighted by Crippen LogP contribution is -2.44. The standard InChI is InChI=1S/C26H31FN4O3S/c1-34-18-6-8-23-19(14-18)25(21(27)15-30-23)22(28)7-5-17-9-11-31(16-20(17)26(32)33)12-13-35-24-4-2-3-10-29-24/h2-4,6,8,10,14-15,17,20,22H,5,7,9,11-13,16,28H2,1H3,(H,32,33)/t17?,20?,22-/m1/s1. The first-order chi connectivity index (χ1) is 17.0. The number of aromatic nitrogens is 2. The van der Waals surface area contributed by atoms with Crippen molar-refractivity contribution < 1.29 is 19.0 Å². The number of likely N-dealkylation sites (tertiary alicyclic amines) is 1. The van der Waals surface area contributed by atoms with Gasteiger partial charge in [0.2, 0.25) is 0 Å². The lowest BCUT2D eigenvalue weighted by molar-refractivity contribution is -0.146. The molecule has 35 heavy (non-hydrogen) atoms. The quantitative estimate of drug-likeness (QED) is 0.397. The highest BCUT2D eigenvalue weighted by molar-refractivity contribution is 7.99. The number of aliphatic carboxylic acids is 1. The van der Waals surface area contributed by atoms with Crippen molar-refractivity contribution in [3.63, 3.8) is 0 Å². The summed E-state index contributed by atoms with van der Waals surface area (Å²) in [7, 11) is 1.56. The maximum absolute atomic E-state index is 14.8. The van der Waals surface area contributed by atoms with E-state index in [1.54, 1.807) is 43.3 Å². The molecule has 0 aliphatic carbocycles. The third-order valence-corrected chi connectivity index (χ3v) is 7.66. The summed E-state index contributed by atoms with van der Waals surface area (Å²) < 4.78 is 20.1. The molecule has 0 amide bonds. The van der Waals surface area contributed by atoms with Crippen LogP contribution in [0.25, 0.3) is 10.9 Å². The largest absolute Gasteiger partial charge is 0.497 e. The number of halogens is 1. The number of hydrogen-bond acceptors (Lipinski definition) is 7. The van der Waals surface area contributed by atoms with Crippen molar-refractivity contribution in [3.8, 4) is 5.75 Å². The molecule has 3 N–H and O–H groups in total. The molecule has 2 aromatic heterocycles. The van der Waals surface area contributed by atoms with Crippen LogP contribution in [-0.4, -0.2) is 58.4 Å². The normalized spacial score (nSPS) is 19.5. The molecule has 0 radical (unpaired) electrons. The molecule has 1 aliphatic rings. The van der Waals surface area contributed by atoms with Crippen molar-refractivity contribution in [1.29, 1.82) is 0 Å². The van der Waals surface area contributed by atoms with E-state index in [1.807, 2.05) is 18.2 Å². The van der Waals surface area contributed by atoms with E-state index in [-0.39, 0.29) is 5.92 Å². The topological polar surface area (TPSA) is 102 Å².